The van der Waals surface area contributed by atoms with Gasteiger partial charge in [-0.1, -0.05) is 45.9 Å². The minimum absolute atomic E-state index is 0.224. The molecule has 0 aliphatic heterocycles. The number of nitrogens with zero attached hydrogens (tertiary/aromatic N) is 3. The summed E-state index contributed by atoms with van der Waals surface area (Å²) in [6.07, 6.45) is 5.82. The minimum Gasteiger partial charge on any atom is -0.267 e. The molecule has 10 nitrogen and oxygen atoms in total. The number of imide groups is 1. The van der Waals surface area contributed by atoms with E-state index in [1.165, 1.54) is 70.6 Å². The average molecular weight is 545 g/mol. The molecule has 4 N–H and O–H groups in total. The second-order valence-corrected chi connectivity index (χ2v) is 9.73. The lowest BCUT2D eigenvalue weighted by Gasteiger charge is -2.17. The van der Waals surface area contributed by atoms with Gasteiger partial charge in [0, 0.05) is 45.7 Å². The van der Waals surface area contributed by atoms with Gasteiger partial charge in [-0.3, -0.25) is 40.0 Å². The first-order chi connectivity index (χ1) is 18.5. The highest BCUT2D eigenvalue weighted by atomic mass is 33.1. The van der Waals surface area contributed by atoms with Crippen LogP contribution in [0.15, 0.2) is 107 Å². The van der Waals surface area contributed by atoms with Gasteiger partial charge >= 0.3 is 0 Å². The van der Waals surface area contributed by atoms with Crippen molar-refractivity contribution in [3.8, 4) is 0 Å². The van der Waals surface area contributed by atoms with E-state index in [2.05, 4.69) is 20.8 Å². The van der Waals surface area contributed by atoms with Crippen LogP contribution in [0.3, 0.4) is 0 Å². The van der Waals surface area contributed by atoms with Crippen LogP contribution in [0.2, 0.25) is 0 Å². The van der Waals surface area contributed by atoms with E-state index >= 15 is 0 Å². The summed E-state index contributed by atoms with van der Waals surface area (Å²) >= 11 is 0. The molecule has 0 atom stereocenters. The van der Waals surface area contributed by atoms with Crippen LogP contribution in [0.5, 0.6) is 0 Å². The predicted molar refractivity (Wildman–Crippen MR) is 143 cm³/mol. The molecule has 0 fully saturated rings. The maximum Gasteiger partial charge on any atom is 0.276 e. The molecule has 4 amide bonds. The Morgan fingerprint density at radius 2 is 1.08 bits per heavy atom. The summed E-state index contributed by atoms with van der Waals surface area (Å²) in [5.41, 5.74) is 5.90. The molecule has 0 spiro atoms. The Kier molecular flexibility index (Phi) is 8.82. The molecule has 2 aromatic heterocycles. The molecule has 12 heteroatoms. The third kappa shape index (κ3) is 6.42. The maximum atomic E-state index is 13.1. The fourth-order valence-electron chi connectivity index (χ4n) is 3.14. The second kappa shape index (κ2) is 12.6. The van der Waals surface area contributed by atoms with Crippen molar-refractivity contribution in [1.82, 2.24) is 25.8 Å². The van der Waals surface area contributed by atoms with Crippen LogP contribution in [0.1, 0.15) is 41.4 Å². The predicted octanol–water partition coefficient (Wildman–Crippen LogP) is 3.51. The molecule has 0 radical (unpaired) electrons. The van der Waals surface area contributed by atoms with E-state index in [9.17, 15) is 19.2 Å². The largest absolute Gasteiger partial charge is 0.276 e. The van der Waals surface area contributed by atoms with E-state index in [1.54, 1.807) is 48.5 Å². The lowest BCUT2D eigenvalue weighted by atomic mass is 10.2. The minimum atomic E-state index is -0.680. The average Bonchev–Trinajstić information content (AvgIpc) is 2.98. The normalized spacial score (nSPS) is 10.3. The maximum absolute atomic E-state index is 13.1. The van der Waals surface area contributed by atoms with Crippen molar-refractivity contribution in [1.29, 1.82) is 0 Å². The third-order valence-electron chi connectivity index (χ3n) is 5.07. The van der Waals surface area contributed by atoms with Crippen LogP contribution in [-0.2, 0) is 0 Å². The Hall–Kier alpha value is -4.52. The van der Waals surface area contributed by atoms with E-state index in [0.29, 0.717) is 25.9 Å². The number of benzene rings is 2. The zero-order valence-corrected chi connectivity index (χ0v) is 21.2. The van der Waals surface area contributed by atoms with Crippen molar-refractivity contribution in [3.63, 3.8) is 0 Å². The van der Waals surface area contributed by atoms with E-state index in [1.807, 2.05) is 0 Å². The van der Waals surface area contributed by atoms with Crippen molar-refractivity contribution in [2.45, 2.75) is 9.79 Å². The van der Waals surface area contributed by atoms with Gasteiger partial charge in [-0.2, -0.15) is 0 Å². The quantitative estimate of drug-likeness (QED) is 0.105. The number of amides is 4. The highest BCUT2D eigenvalue weighted by molar-refractivity contribution is 8.76. The van der Waals surface area contributed by atoms with Crippen LogP contribution < -0.4 is 16.7 Å². The Morgan fingerprint density at radius 3 is 1.68 bits per heavy atom. The molecule has 0 bridgehead atoms. The van der Waals surface area contributed by atoms with E-state index in [-0.39, 0.29) is 11.1 Å². The van der Waals surface area contributed by atoms with E-state index < -0.39 is 23.6 Å². The smallest absolute Gasteiger partial charge is 0.267 e. The summed E-state index contributed by atoms with van der Waals surface area (Å²) in [6, 6.07) is 19.5. The monoisotopic (exact) mass is 544 g/mol. The molecule has 0 aliphatic rings. The Morgan fingerprint density at radius 1 is 0.605 bits per heavy atom. The number of carbonyl (C=O) groups excluding carboxylic acids is 4. The molecular weight excluding hydrogens is 524 g/mol. The van der Waals surface area contributed by atoms with Crippen LogP contribution in [0, 0.1) is 0 Å². The topological polar surface area (TPSA) is 147 Å². The number of nitrogens with two attached hydrogens (primary N) is 1. The molecule has 0 saturated carbocycles. The number of pyridine rings is 2. The summed E-state index contributed by atoms with van der Waals surface area (Å²) in [5.74, 6) is 3.52. The van der Waals surface area contributed by atoms with Gasteiger partial charge in [0.25, 0.3) is 23.6 Å². The number of hydrazine groups is 2. The van der Waals surface area contributed by atoms with Crippen LogP contribution in [0.4, 0.5) is 0 Å². The highest BCUT2D eigenvalue weighted by Crippen LogP contribution is 2.40. The number of aromatic nitrogens is 2. The van der Waals surface area contributed by atoms with Crippen molar-refractivity contribution in [2.24, 2.45) is 5.84 Å². The molecule has 2 heterocycles. The van der Waals surface area contributed by atoms with Gasteiger partial charge in [-0.05, 0) is 48.5 Å². The van der Waals surface area contributed by atoms with Gasteiger partial charge in [-0.15, -0.1) is 0 Å². The Balaban J connectivity index is 1.45. The first-order valence-electron chi connectivity index (χ1n) is 11.0. The molecule has 4 rings (SSSR count). The lowest BCUT2D eigenvalue weighted by Crippen LogP contribution is -2.42. The number of hydrogen-bond acceptors (Lipinski definition) is 9. The summed E-state index contributed by atoms with van der Waals surface area (Å²) in [7, 11) is 2.46. The Labute approximate surface area is 225 Å². The fraction of sp³-hybridized carbons (Fsp3) is 0. The Bertz CT molecular complexity index is 1470. The van der Waals surface area contributed by atoms with Gasteiger partial charge in [0.15, 0.2) is 0 Å². The summed E-state index contributed by atoms with van der Waals surface area (Å²) in [5, 5.41) is 0.562. The lowest BCUT2D eigenvalue weighted by molar-refractivity contribution is 0.0613. The number of carbonyl (C=O) groups is 4. The van der Waals surface area contributed by atoms with Crippen molar-refractivity contribution in [2.75, 3.05) is 0 Å². The van der Waals surface area contributed by atoms with Crippen LogP contribution >= 0.6 is 21.6 Å². The molecule has 38 heavy (non-hydrogen) atoms. The summed E-state index contributed by atoms with van der Waals surface area (Å²) in [4.78, 5) is 59.6. The zero-order valence-electron chi connectivity index (χ0n) is 19.6. The van der Waals surface area contributed by atoms with Crippen LogP contribution in [-0.4, -0.2) is 38.6 Å². The first kappa shape index (κ1) is 26.5. The van der Waals surface area contributed by atoms with Crippen molar-refractivity contribution in [3.05, 3.63) is 120 Å². The van der Waals surface area contributed by atoms with E-state index in [0.717, 1.165) is 0 Å². The van der Waals surface area contributed by atoms with Gasteiger partial charge in [0.2, 0.25) is 0 Å². The van der Waals surface area contributed by atoms with Gasteiger partial charge in [-0.25, -0.2) is 10.9 Å². The molecule has 2 aromatic carbocycles. The standard InChI is InChI=1S/C26H20N6O4S2/c27-32(25(35)18-11-15-29-16-12-18)26(36)20-6-2-4-8-22(20)38-37-21-7-3-1-5-19(21)24(34)31-30-23(33)17-9-13-28-14-10-17/h1-16H,27H2,(H,30,33)(H,31,34). The van der Waals surface area contributed by atoms with Crippen molar-refractivity contribution < 1.29 is 19.2 Å². The van der Waals surface area contributed by atoms with E-state index in [4.69, 9.17) is 5.84 Å². The molecule has 0 unspecified atom stereocenters. The first-order valence-corrected chi connectivity index (χ1v) is 13.2. The van der Waals surface area contributed by atoms with Gasteiger partial charge in [0.1, 0.15) is 0 Å². The highest BCUT2D eigenvalue weighted by Gasteiger charge is 2.24. The summed E-state index contributed by atoms with van der Waals surface area (Å²) < 4.78 is 0. The van der Waals surface area contributed by atoms with Crippen LogP contribution in [0.25, 0.3) is 0 Å². The number of rotatable bonds is 7. The molecule has 4 aromatic rings. The third-order valence-corrected chi connectivity index (χ3v) is 7.55. The zero-order chi connectivity index (χ0) is 26.9. The molecule has 0 saturated heterocycles. The van der Waals surface area contributed by atoms with Gasteiger partial charge < -0.3 is 0 Å². The van der Waals surface area contributed by atoms with Crippen molar-refractivity contribution >= 4 is 45.2 Å². The molecular formula is C26H20N6O4S2. The number of hydrogen-bond donors (Lipinski definition) is 3. The SMILES string of the molecule is NN(C(=O)c1ccncc1)C(=O)c1ccccc1SSc1ccccc1C(=O)NNC(=O)c1ccncc1. The second-order valence-electron chi connectivity index (χ2n) is 7.52. The van der Waals surface area contributed by atoms with Gasteiger partial charge in [0.05, 0.1) is 11.1 Å². The fourth-order valence-corrected chi connectivity index (χ4v) is 5.50. The summed E-state index contributed by atoms with van der Waals surface area (Å²) in [6.45, 7) is 0. The molecule has 190 valence electrons. The number of nitrogens with one attached hydrogen (secondary N) is 2. The molecule has 0 aliphatic carbocycles.